The molecule has 2 aromatic rings. The van der Waals surface area contributed by atoms with Crippen molar-refractivity contribution in [3.63, 3.8) is 0 Å². The minimum absolute atomic E-state index is 0. The van der Waals surface area contributed by atoms with Gasteiger partial charge in [-0.3, -0.25) is 9.69 Å². The van der Waals surface area contributed by atoms with Crippen molar-refractivity contribution in [1.29, 1.82) is 0 Å². The molecule has 0 fully saturated rings. The zero-order valence-corrected chi connectivity index (χ0v) is 17.4. The maximum absolute atomic E-state index is 12.6. The van der Waals surface area contributed by atoms with Crippen LogP contribution in [0.15, 0.2) is 48.5 Å². The zero-order chi connectivity index (χ0) is 18.9. The Hall–Kier alpha value is -1.88. The third-order valence-electron chi connectivity index (χ3n) is 4.56. The minimum Gasteiger partial charge on any atom is -0.329 e. The Balaban J connectivity index is 0.00000364. The molecule has 2 aromatic carbocycles. The Kier molecular flexibility index (Phi) is 10.1. The van der Waals surface area contributed by atoms with E-state index in [0.29, 0.717) is 25.6 Å². The number of hydrogen-bond donors (Lipinski definition) is 2. The molecule has 27 heavy (non-hydrogen) atoms. The molecule has 4 nitrogen and oxygen atoms in total. The second-order valence-electron chi connectivity index (χ2n) is 7.04. The van der Waals surface area contributed by atoms with Gasteiger partial charge in [0.1, 0.15) is 0 Å². The predicted octanol–water partition coefficient (Wildman–Crippen LogP) is 3.98. The normalized spacial score (nSPS) is 10.7. The fourth-order valence-electron chi connectivity index (χ4n) is 3.11. The number of aryl methyl sites for hydroxylation is 1. The Bertz CT molecular complexity index is 704. The highest BCUT2D eigenvalue weighted by molar-refractivity contribution is 5.93. The van der Waals surface area contributed by atoms with Gasteiger partial charge in [-0.25, -0.2) is 0 Å². The molecule has 1 amide bonds. The smallest absolute Gasteiger partial charge is 0.238 e. The van der Waals surface area contributed by atoms with Gasteiger partial charge in [0.15, 0.2) is 0 Å². The van der Waals surface area contributed by atoms with Crippen LogP contribution in [-0.4, -0.2) is 37.0 Å². The van der Waals surface area contributed by atoms with Gasteiger partial charge in [-0.15, -0.1) is 12.4 Å². The van der Waals surface area contributed by atoms with E-state index in [4.69, 9.17) is 5.73 Å². The number of carbonyl (C=O) groups excluding carboxylic acids is 1. The number of benzene rings is 2. The van der Waals surface area contributed by atoms with Crippen molar-refractivity contribution in [3.05, 3.63) is 65.2 Å². The topological polar surface area (TPSA) is 58.4 Å². The van der Waals surface area contributed by atoms with Gasteiger partial charge in [-0.1, -0.05) is 62.4 Å². The second kappa shape index (κ2) is 11.8. The van der Waals surface area contributed by atoms with Crippen molar-refractivity contribution in [2.75, 3.05) is 31.5 Å². The second-order valence-corrected chi connectivity index (χ2v) is 7.04. The quantitative estimate of drug-likeness (QED) is 0.681. The standard InChI is InChI=1S/C22H31N3O.ClH/c1-17(2)20-11-7-8-18(3)22(20)24-21(26)16-25(15-13-23)14-12-19-9-5-4-6-10-19;/h4-11,17H,12-16,23H2,1-3H3,(H,24,26);1H. The molecule has 2 rings (SSSR count). The van der Waals surface area contributed by atoms with Crippen LogP contribution in [0.3, 0.4) is 0 Å². The van der Waals surface area contributed by atoms with Crippen LogP contribution < -0.4 is 11.1 Å². The molecule has 0 unspecified atom stereocenters. The molecule has 5 heteroatoms. The molecule has 0 atom stereocenters. The lowest BCUT2D eigenvalue weighted by molar-refractivity contribution is -0.117. The van der Waals surface area contributed by atoms with E-state index >= 15 is 0 Å². The Morgan fingerprint density at radius 1 is 1.07 bits per heavy atom. The van der Waals surface area contributed by atoms with Gasteiger partial charge in [-0.05, 0) is 36.0 Å². The first kappa shape index (κ1) is 23.2. The number of anilines is 1. The van der Waals surface area contributed by atoms with Crippen molar-refractivity contribution in [3.8, 4) is 0 Å². The van der Waals surface area contributed by atoms with Crippen molar-refractivity contribution in [2.24, 2.45) is 5.73 Å². The van der Waals surface area contributed by atoms with Crippen LogP contribution in [0.4, 0.5) is 5.69 Å². The summed E-state index contributed by atoms with van der Waals surface area (Å²) >= 11 is 0. The number of nitrogens with two attached hydrogens (primary N) is 1. The Morgan fingerprint density at radius 2 is 1.78 bits per heavy atom. The summed E-state index contributed by atoms with van der Waals surface area (Å²) in [6.45, 7) is 8.76. The molecule has 0 spiro atoms. The van der Waals surface area contributed by atoms with Crippen molar-refractivity contribution in [1.82, 2.24) is 4.90 Å². The fraction of sp³-hybridized carbons (Fsp3) is 0.409. The first-order valence-corrected chi connectivity index (χ1v) is 9.37. The maximum atomic E-state index is 12.6. The van der Waals surface area contributed by atoms with E-state index in [9.17, 15) is 4.79 Å². The molecule has 0 aromatic heterocycles. The van der Waals surface area contributed by atoms with Crippen LogP contribution in [0.5, 0.6) is 0 Å². The number of halogens is 1. The van der Waals surface area contributed by atoms with Crippen LogP contribution >= 0.6 is 12.4 Å². The highest BCUT2D eigenvalue weighted by Crippen LogP contribution is 2.27. The number of rotatable bonds is 9. The van der Waals surface area contributed by atoms with Crippen molar-refractivity contribution in [2.45, 2.75) is 33.1 Å². The van der Waals surface area contributed by atoms with E-state index in [0.717, 1.165) is 24.2 Å². The fourth-order valence-corrected chi connectivity index (χ4v) is 3.11. The SMILES string of the molecule is Cc1cccc(C(C)C)c1NC(=O)CN(CCN)CCc1ccccc1.Cl. The number of amides is 1. The summed E-state index contributed by atoms with van der Waals surface area (Å²) in [5.74, 6) is 0.381. The van der Waals surface area contributed by atoms with E-state index < -0.39 is 0 Å². The maximum Gasteiger partial charge on any atom is 0.238 e. The molecule has 3 N–H and O–H groups in total. The molecule has 0 bridgehead atoms. The lowest BCUT2D eigenvalue weighted by atomic mass is 9.98. The van der Waals surface area contributed by atoms with Gasteiger partial charge in [-0.2, -0.15) is 0 Å². The summed E-state index contributed by atoms with van der Waals surface area (Å²) < 4.78 is 0. The van der Waals surface area contributed by atoms with Crippen molar-refractivity contribution < 1.29 is 4.79 Å². The van der Waals surface area contributed by atoms with Gasteiger partial charge in [0.25, 0.3) is 0 Å². The summed E-state index contributed by atoms with van der Waals surface area (Å²) in [6, 6.07) is 16.5. The Morgan fingerprint density at radius 3 is 2.41 bits per heavy atom. The van der Waals surface area contributed by atoms with Crippen LogP contribution in [0.2, 0.25) is 0 Å². The molecule has 148 valence electrons. The summed E-state index contributed by atoms with van der Waals surface area (Å²) in [7, 11) is 0. The van der Waals surface area contributed by atoms with Crippen LogP contribution in [0.25, 0.3) is 0 Å². The molecule has 0 saturated carbocycles. The van der Waals surface area contributed by atoms with E-state index in [1.165, 1.54) is 11.1 Å². The van der Waals surface area contributed by atoms with E-state index in [1.54, 1.807) is 0 Å². The zero-order valence-electron chi connectivity index (χ0n) is 16.6. The molecule has 0 aliphatic heterocycles. The lowest BCUT2D eigenvalue weighted by Gasteiger charge is -2.22. The molecule has 0 aliphatic rings. The van der Waals surface area contributed by atoms with Gasteiger partial charge in [0, 0.05) is 25.3 Å². The summed E-state index contributed by atoms with van der Waals surface area (Å²) in [6.07, 6.45) is 0.912. The highest BCUT2D eigenvalue weighted by Gasteiger charge is 2.15. The monoisotopic (exact) mass is 389 g/mol. The number of para-hydroxylation sites is 1. The molecule has 0 radical (unpaired) electrons. The summed E-state index contributed by atoms with van der Waals surface area (Å²) in [5.41, 5.74) is 10.2. The van der Waals surface area contributed by atoms with Gasteiger partial charge < -0.3 is 11.1 Å². The number of carbonyl (C=O) groups is 1. The minimum atomic E-state index is 0. The predicted molar refractivity (Wildman–Crippen MR) is 117 cm³/mol. The van der Waals surface area contributed by atoms with Crippen LogP contribution in [0.1, 0.15) is 36.5 Å². The summed E-state index contributed by atoms with van der Waals surface area (Å²) in [4.78, 5) is 14.8. The van der Waals surface area contributed by atoms with Gasteiger partial charge in [0.05, 0.1) is 6.54 Å². The average molecular weight is 390 g/mol. The first-order chi connectivity index (χ1) is 12.5. The summed E-state index contributed by atoms with van der Waals surface area (Å²) in [5, 5.41) is 3.13. The molecule has 0 saturated heterocycles. The molecule has 0 heterocycles. The van der Waals surface area contributed by atoms with Gasteiger partial charge in [0.2, 0.25) is 5.91 Å². The third-order valence-corrected chi connectivity index (χ3v) is 4.56. The molecule has 0 aliphatic carbocycles. The van der Waals surface area contributed by atoms with Crippen LogP contribution in [0, 0.1) is 6.92 Å². The Labute approximate surface area is 169 Å². The van der Waals surface area contributed by atoms with E-state index in [1.807, 2.05) is 37.3 Å². The average Bonchev–Trinajstić information content (AvgIpc) is 2.62. The number of nitrogens with one attached hydrogen (secondary N) is 1. The number of nitrogens with zero attached hydrogens (tertiary/aromatic N) is 1. The molecular weight excluding hydrogens is 358 g/mol. The molecular formula is C22H32ClN3O. The van der Waals surface area contributed by atoms with E-state index in [-0.39, 0.29) is 18.3 Å². The third kappa shape index (κ3) is 7.33. The highest BCUT2D eigenvalue weighted by atomic mass is 35.5. The van der Waals surface area contributed by atoms with Crippen LogP contribution in [-0.2, 0) is 11.2 Å². The lowest BCUT2D eigenvalue weighted by Crippen LogP contribution is -2.38. The largest absolute Gasteiger partial charge is 0.329 e. The van der Waals surface area contributed by atoms with Crippen molar-refractivity contribution >= 4 is 24.0 Å². The van der Waals surface area contributed by atoms with Gasteiger partial charge >= 0.3 is 0 Å². The van der Waals surface area contributed by atoms with E-state index in [2.05, 4.69) is 42.3 Å². The number of hydrogen-bond acceptors (Lipinski definition) is 3. The first-order valence-electron chi connectivity index (χ1n) is 9.37.